The number of piperazine rings is 1. The van der Waals surface area contributed by atoms with Crippen molar-refractivity contribution < 1.29 is 4.79 Å². The number of piperidine rings is 1. The van der Waals surface area contributed by atoms with Crippen LogP contribution in [0.15, 0.2) is 24.3 Å². The first kappa shape index (κ1) is 18.5. The summed E-state index contributed by atoms with van der Waals surface area (Å²) in [6.45, 7) is 6.46. The normalized spacial score (nSPS) is 20.1. The van der Waals surface area contributed by atoms with E-state index in [1.807, 2.05) is 18.2 Å². The highest BCUT2D eigenvalue weighted by atomic mass is 35.5. The first-order chi connectivity index (χ1) is 10.7. The van der Waals surface area contributed by atoms with Gasteiger partial charge in [0.2, 0.25) is 5.91 Å². The van der Waals surface area contributed by atoms with Crippen molar-refractivity contribution >= 4 is 29.9 Å². The molecule has 1 aromatic rings. The lowest BCUT2D eigenvalue weighted by molar-refractivity contribution is -0.138. The summed E-state index contributed by atoms with van der Waals surface area (Å²) in [7, 11) is 0. The fourth-order valence-corrected chi connectivity index (χ4v) is 3.56. The fourth-order valence-electron chi connectivity index (χ4n) is 3.35. The maximum absolute atomic E-state index is 12.5. The summed E-state index contributed by atoms with van der Waals surface area (Å²) in [6, 6.07) is 8.03. The zero-order chi connectivity index (χ0) is 15.4. The van der Waals surface area contributed by atoms with Gasteiger partial charge in [-0.1, -0.05) is 23.7 Å². The predicted molar refractivity (Wildman–Crippen MR) is 96.2 cm³/mol. The summed E-state index contributed by atoms with van der Waals surface area (Å²) >= 11 is 6.04. The average Bonchev–Trinajstić information content (AvgIpc) is 2.56. The van der Waals surface area contributed by atoms with E-state index in [1.165, 1.54) is 5.56 Å². The van der Waals surface area contributed by atoms with E-state index in [1.54, 1.807) is 0 Å². The van der Waals surface area contributed by atoms with E-state index in [9.17, 15) is 4.79 Å². The summed E-state index contributed by atoms with van der Waals surface area (Å²) in [6.07, 6.45) is 1.98. The zero-order valence-electron chi connectivity index (χ0n) is 13.3. The van der Waals surface area contributed by atoms with Crippen molar-refractivity contribution in [3.05, 3.63) is 34.9 Å². The van der Waals surface area contributed by atoms with Gasteiger partial charge in [0.25, 0.3) is 0 Å². The molecule has 2 fully saturated rings. The summed E-state index contributed by atoms with van der Waals surface area (Å²) < 4.78 is 0. The van der Waals surface area contributed by atoms with Crippen LogP contribution in [0, 0.1) is 5.92 Å². The molecular weight excluding hydrogens is 333 g/mol. The van der Waals surface area contributed by atoms with Gasteiger partial charge < -0.3 is 10.2 Å². The highest BCUT2D eigenvalue weighted by Crippen LogP contribution is 2.18. The van der Waals surface area contributed by atoms with E-state index in [0.717, 1.165) is 63.7 Å². The summed E-state index contributed by atoms with van der Waals surface area (Å²) in [5.74, 6) is 0.602. The summed E-state index contributed by atoms with van der Waals surface area (Å²) in [5.41, 5.74) is 1.24. The first-order valence-electron chi connectivity index (χ1n) is 8.19. The molecule has 6 heteroatoms. The lowest BCUT2D eigenvalue weighted by atomic mass is 9.96. The third-order valence-corrected chi connectivity index (χ3v) is 4.90. The molecule has 0 spiro atoms. The van der Waals surface area contributed by atoms with E-state index >= 15 is 0 Å². The number of rotatable bonds is 3. The number of halogens is 2. The van der Waals surface area contributed by atoms with E-state index in [2.05, 4.69) is 21.2 Å². The molecular formula is C17H25Cl2N3O. The molecule has 2 saturated heterocycles. The maximum Gasteiger partial charge on any atom is 0.225 e. The molecule has 1 amide bonds. The van der Waals surface area contributed by atoms with Gasteiger partial charge in [-0.2, -0.15) is 0 Å². The molecule has 23 heavy (non-hydrogen) atoms. The average molecular weight is 358 g/mol. The highest BCUT2D eigenvalue weighted by molar-refractivity contribution is 6.30. The second-order valence-corrected chi connectivity index (χ2v) is 6.69. The maximum atomic E-state index is 12.5. The molecule has 0 unspecified atom stereocenters. The Morgan fingerprint density at radius 3 is 2.52 bits per heavy atom. The van der Waals surface area contributed by atoms with Crippen LogP contribution in [0.3, 0.4) is 0 Å². The van der Waals surface area contributed by atoms with Gasteiger partial charge in [-0.3, -0.25) is 9.69 Å². The van der Waals surface area contributed by atoms with Crippen molar-refractivity contribution in [3.8, 4) is 0 Å². The molecule has 0 atom stereocenters. The molecule has 0 radical (unpaired) electrons. The van der Waals surface area contributed by atoms with Gasteiger partial charge in [-0.15, -0.1) is 12.4 Å². The Labute approximate surface area is 149 Å². The first-order valence-corrected chi connectivity index (χ1v) is 8.56. The van der Waals surface area contributed by atoms with Crippen LogP contribution in [-0.2, 0) is 11.3 Å². The molecule has 0 saturated carbocycles. The molecule has 2 aliphatic heterocycles. The number of hydrogen-bond donors (Lipinski definition) is 1. The fraction of sp³-hybridized carbons (Fsp3) is 0.588. The molecule has 0 bridgehead atoms. The number of amides is 1. The minimum atomic E-state index is 0. The summed E-state index contributed by atoms with van der Waals surface area (Å²) in [4.78, 5) is 17.0. The molecule has 2 heterocycles. The molecule has 0 aliphatic carbocycles. The molecule has 128 valence electrons. The van der Waals surface area contributed by atoms with Gasteiger partial charge in [-0.25, -0.2) is 0 Å². The highest BCUT2D eigenvalue weighted by Gasteiger charge is 2.28. The topological polar surface area (TPSA) is 35.6 Å². The SMILES string of the molecule is Cl.O=C(C1CCNCC1)N1CCN(Cc2cccc(Cl)c2)CC1. The van der Waals surface area contributed by atoms with Crippen molar-refractivity contribution in [1.29, 1.82) is 0 Å². The number of carbonyl (C=O) groups excluding carboxylic acids is 1. The van der Waals surface area contributed by atoms with Crippen LogP contribution < -0.4 is 5.32 Å². The largest absolute Gasteiger partial charge is 0.340 e. The minimum Gasteiger partial charge on any atom is -0.340 e. The van der Waals surface area contributed by atoms with Gasteiger partial charge >= 0.3 is 0 Å². The lowest BCUT2D eigenvalue weighted by Gasteiger charge is -2.37. The number of nitrogens with zero attached hydrogens (tertiary/aromatic N) is 2. The van der Waals surface area contributed by atoms with Crippen molar-refractivity contribution in [2.45, 2.75) is 19.4 Å². The smallest absolute Gasteiger partial charge is 0.225 e. The van der Waals surface area contributed by atoms with E-state index < -0.39 is 0 Å². The van der Waals surface area contributed by atoms with Gasteiger partial charge in [0.1, 0.15) is 0 Å². The Kier molecular flexibility index (Phi) is 7.15. The number of nitrogens with one attached hydrogen (secondary N) is 1. The second-order valence-electron chi connectivity index (χ2n) is 6.26. The quantitative estimate of drug-likeness (QED) is 0.901. The summed E-state index contributed by atoms with van der Waals surface area (Å²) in [5, 5.41) is 4.11. The molecule has 0 aromatic heterocycles. The molecule has 4 nitrogen and oxygen atoms in total. The van der Waals surface area contributed by atoms with Crippen molar-refractivity contribution in [2.24, 2.45) is 5.92 Å². The monoisotopic (exact) mass is 357 g/mol. The molecule has 3 rings (SSSR count). The van der Waals surface area contributed by atoms with Crippen molar-refractivity contribution in [2.75, 3.05) is 39.3 Å². The van der Waals surface area contributed by atoms with Gasteiger partial charge in [0.15, 0.2) is 0 Å². The standard InChI is InChI=1S/C17H24ClN3O.ClH/c18-16-3-1-2-14(12-16)13-20-8-10-21(11-9-20)17(22)15-4-6-19-7-5-15;/h1-3,12,15,19H,4-11,13H2;1H. The van der Waals surface area contributed by atoms with Crippen LogP contribution >= 0.6 is 24.0 Å². The van der Waals surface area contributed by atoms with E-state index in [0.29, 0.717) is 5.91 Å². The minimum absolute atomic E-state index is 0. The van der Waals surface area contributed by atoms with Crippen LogP contribution in [0.1, 0.15) is 18.4 Å². The third-order valence-electron chi connectivity index (χ3n) is 4.67. The van der Waals surface area contributed by atoms with Crippen LogP contribution in [0.2, 0.25) is 5.02 Å². The van der Waals surface area contributed by atoms with Gasteiger partial charge in [0.05, 0.1) is 0 Å². The Balaban J connectivity index is 0.00000192. The Bertz CT molecular complexity index is 512. The lowest BCUT2D eigenvalue weighted by Crippen LogP contribution is -2.51. The zero-order valence-corrected chi connectivity index (χ0v) is 14.9. The Morgan fingerprint density at radius 1 is 1.17 bits per heavy atom. The Morgan fingerprint density at radius 2 is 1.87 bits per heavy atom. The number of benzene rings is 1. The molecule has 1 aromatic carbocycles. The number of carbonyl (C=O) groups is 1. The van der Waals surface area contributed by atoms with Crippen LogP contribution in [0.5, 0.6) is 0 Å². The van der Waals surface area contributed by atoms with Gasteiger partial charge in [-0.05, 0) is 43.6 Å². The third kappa shape index (κ3) is 5.08. The van der Waals surface area contributed by atoms with Crippen molar-refractivity contribution in [3.63, 3.8) is 0 Å². The predicted octanol–water partition coefficient (Wildman–Crippen LogP) is 2.41. The van der Waals surface area contributed by atoms with Crippen LogP contribution in [0.25, 0.3) is 0 Å². The van der Waals surface area contributed by atoms with Gasteiger partial charge in [0, 0.05) is 43.7 Å². The molecule has 2 aliphatic rings. The van der Waals surface area contributed by atoms with Crippen molar-refractivity contribution in [1.82, 2.24) is 15.1 Å². The molecule has 1 N–H and O–H groups in total. The second kappa shape index (κ2) is 8.88. The Hall–Kier alpha value is -0.810. The van der Waals surface area contributed by atoms with Crippen LogP contribution in [-0.4, -0.2) is 55.0 Å². The van der Waals surface area contributed by atoms with E-state index in [4.69, 9.17) is 11.6 Å². The van der Waals surface area contributed by atoms with E-state index in [-0.39, 0.29) is 18.3 Å². The number of hydrogen-bond acceptors (Lipinski definition) is 3. The van der Waals surface area contributed by atoms with Crippen LogP contribution in [0.4, 0.5) is 0 Å².